The molecule has 2 N–H and O–H groups in total. The molecule has 3 heteroatoms. The molecule has 2 nitrogen and oxygen atoms in total. The molecule has 21 heavy (non-hydrogen) atoms. The molecule has 1 aliphatic rings. The second-order valence-corrected chi connectivity index (χ2v) is 5.79. The Kier molecular flexibility index (Phi) is 4.32. The fraction of sp³-hybridized carbons (Fsp3) is 0.333. The molecule has 1 aliphatic carbocycles. The molecule has 0 bridgehead atoms. The van der Waals surface area contributed by atoms with E-state index in [-0.39, 0.29) is 5.82 Å². The van der Waals surface area contributed by atoms with E-state index in [0.29, 0.717) is 12.6 Å². The van der Waals surface area contributed by atoms with Crippen molar-refractivity contribution in [1.82, 2.24) is 4.90 Å². The van der Waals surface area contributed by atoms with Crippen LogP contribution >= 0.6 is 0 Å². The third-order valence-corrected chi connectivity index (χ3v) is 3.93. The Morgan fingerprint density at radius 2 is 1.62 bits per heavy atom. The summed E-state index contributed by atoms with van der Waals surface area (Å²) in [7, 11) is 0. The highest BCUT2D eigenvalue weighted by molar-refractivity contribution is 5.25. The lowest BCUT2D eigenvalue weighted by Gasteiger charge is -2.22. The van der Waals surface area contributed by atoms with Crippen molar-refractivity contribution in [2.45, 2.75) is 38.5 Å². The molecule has 0 heterocycles. The Balaban J connectivity index is 1.75. The topological polar surface area (TPSA) is 29.3 Å². The first-order chi connectivity index (χ1) is 10.2. The Labute approximate surface area is 125 Å². The van der Waals surface area contributed by atoms with E-state index in [1.54, 1.807) is 6.07 Å². The molecule has 0 amide bonds. The molecule has 0 aliphatic heterocycles. The van der Waals surface area contributed by atoms with Gasteiger partial charge in [-0.1, -0.05) is 36.4 Å². The normalized spacial score (nSPS) is 14.6. The molecule has 110 valence electrons. The highest BCUT2D eigenvalue weighted by Crippen LogP contribution is 2.30. The third kappa shape index (κ3) is 3.90. The lowest BCUT2D eigenvalue weighted by molar-refractivity contribution is 0.245. The van der Waals surface area contributed by atoms with Crippen LogP contribution < -0.4 is 5.73 Å². The van der Waals surface area contributed by atoms with E-state index in [1.807, 2.05) is 12.1 Å². The summed E-state index contributed by atoms with van der Waals surface area (Å²) in [5.41, 5.74) is 8.81. The molecule has 0 unspecified atom stereocenters. The van der Waals surface area contributed by atoms with E-state index >= 15 is 0 Å². The molecule has 2 aromatic carbocycles. The van der Waals surface area contributed by atoms with Crippen LogP contribution in [0.4, 0.5) is 4.39 Å². The van der Waals surface area contributed by atoms with Crippen LogP contribution in [0.3, 0.4) is 0 Å². The monoisotopic (exact) mass is 284 g/mol. The van der Waals surface area contributed by atoms with Crippen LogP contribution in [0.5, 0.6) is 0 Å². The predicted octanol–water partition coefficient (Wildman–Crippen LogP) is 3.45. The van der Waals surface area contributed by atoms with Gasteiger partial charge in [0.1, 0.15) is 5.82 Å². The SMILES string of the molecule is NCc1cc(F)cc(CN(Cc2ccccc2)C2CC2)c1. The standard InChI is InChI=1S/C18H21FN2/c19-17-9-15(11-20)8-16(10-17)13-21(18-6-7-18)12-14-4-2-1-3-5-14/h1-5,8-10,18H,6-7,11-13,20H2. The number of rotatable bonds is 6. The molecule has 1 saturated carbocycles. The zero-order valence-corrected chi connectivity index (χ0v) is 12.1. The van der Waals surface area contributed by atoms with Gasteiger partial charge in [-0.3, -0.25) is 4.90 Å². The van der Waals surface area contributed by atoms with Gasteiger partial charge in [0.25, 0.3) is 0 Å². The number of nitrogens with zero attached hydrogens (tertiary/aromatic N) is 1. The first-order valence-corrected chi connectivity index (χ1v) is 7.51. The highest BCUT2D eigenvalue weighted by Gasteiger charge is 2.29. The summed E-state index contributed by atoms with van der Waals surface area (Å²) in [4.78, 5) is 2.43. The van der Waals surface area contributed by atoms with Crippen LogP contribution in [0, 0.1) is 5.82 Å². The van der Waals surface area contributed by atoms with E-state index in [1.165, 1.54) is 24.5 Å². The van der Waals surface area contributed by atoms with Crippen molar-refractivity contribution in [3.05, 3.63) is 71.0 Å². The molecule has 0 atom stereocenters. The summed E-state index contributed by atoms with van der Waals surface area (Å²) in [6.07, 6.45) is 2.48. The minimum Gasteiger partial charge on any atom is -0.326 e. The molecule has 0 aromatic heterocycles. The predicted molar refractivity (Wildman–Crippen MR) is 83.0 cm³/mol. The summed E-state index contributed by atoms with van der Waals surface area (Å²) in [5, 5.41) is 0. The molecule has 0 saturated heterocycles. The minimum absolute atomic E-state index is 0.191. The second kappa shape index (κ2) is 6.37. The smallest absolute Gasteiger partial charge is 0.123 e. The van der Waals surface area contributed by atoms with E-state index in [0.717, 1.165) is 24.2 Å². The lowest BCUT2D eigenvalue weighted by Crippen LogP contribution is -2.25. The van der Waals surface area contributed by atoms with Gasteiger partial charge in [-0.05, 0) is 41.7 Å². The number of benzene rings is 2. The first-order valence-electron chi connectivity index (χ1n) is 7.51. The van der Waals surface area contributed by atoms with Gasteiger partial charge in [-0.25, -0.2) is 4.39 Å². The summed E-state index contributed by atoms with van der Waals surface area (Å²) in [5.74, 6) is -0.191. The van der Waals surface area contributed by atoms with Gasteiger partial charge < -0.3 is 5.73 Å². The zero-order chi connectivity index (χ0) is 14.7. The van der Waals surface area contributed by atoms with Crippen molar-refractivity contribution in [1.29, 1.82) is 0 Å². The quantitative estimate of drug-likeness (QED) is 0.880. The highest BCUT2D eigenvalue weighted by atomic mass is 19.1. The Bertz CT molecular complexity index is 593. The van der Waals surface area contributed by atoms with Crippen molar-refractivity contribution < 1.29 is 4.39 Å². The molecule has 0 radical (unpaired) electrons. The van der Waals surface area contributed by atoms with Crippen LogP contribution in [0.25, 0.3) is 0 Å². The van der Waals surface area contributed by atoms with Crippen LogP contribution in [-0.4, -0.2) is 10.9 Å². The average Bonchev–Trinajstić information content (AvgIpc) is 3.31. The zero-order valence-electron chi connectivity index (χ0n) is 12.1. The Morgan fingerprint density at radius 3 is 2.29 bits per heavy atom. The van der Waals surface area contributed by atoms with Crippen molar-refractivity contribution in [2.75, 3.05) is 0 Å². The number of hydrogen-bond donors (Lipinski definition) is 1. The molecular weight excluding hydrogens is 263 g/mol. The van der Waals surface area contributed by atoms with E-state index in [2.05, 4.69) is 29.2 Å². The van der Waals surface area contributed by atoms with Gasteiger partial charge in [0.15, 0.2) is 0 Å². The van der Waals surface area contributed by atoms with Crippen molar-refractivity contribution in [2.24, 2.45) is 5.73 Å². The van der Waals surface area contributed by atoms with Crippen LogP contribution in [0.1, 0.15) is 29.5 Å². The Hall–Kier alpha value is -1.71. The van der Waals surface area contributed by atoms with Gasteiger partial charge in [0.05, 0.1) is 0 Å². The van der Waals surface area contributed by atoms with Crippen molar-refractivity contribution >= 4 is 0 Å². The van der Waals surface area contributed by atoms with Gasteiger partial charge >= 0.3 is 0 Å². The van der Waals surface area contributed by atoms with Crippen LogP contribution in [-0.2, 0) is 19.6 Å². The maximum Gasteiger partial charge on any atom is 0.123 e. The third-order valence-electron chi connectivity index (χ3n) is 3.93. The van der Waals surface area contributed by atoms with Gasteiger partial charge in [0.2, 0.25) is 0 Å². The van der Waals surface area contributed by atoms with Gasteiger partial charge in [0, 0.05) is 25.7 Å². The van der Waals surface area contributed by atoms with Gasteiger partial charge in [-0.15, -0.1) is 0 Å². The van der Waals surface area contributed by atoms with Crippen LogP contribution in [0.2, 0.25) is 0 Å². The maximum absolute atomic E-state index is 13.6. The molecule has 2 aromatic rings. The summed E-state index contributed by atoms with van der Waals surface area (Å²) >= 11 is 0. The largest absolute Gasteiger partial charge is 0.326 e. The van der Waals surface area contributed by atoms with Crippen LogP contribution in [0.15, 0.2) is 48.5 Å². The lowest BCUT2D eigenvalue weighted by atomic mass is 10.1. The molecular formula is C18H21FN2. The van der Waals surface area contributed by atoms with E-state index in [9.17, 15) is 4.39 Å². The summed E-state index contributed by atoms with van der Waals surface area (Å²) in [6, 6.07) is 16.2. The first kappa shape index (κ1) is 14.2. The molecule has 0 spiro atoms. The number of hydrogen-bond acceptors (Lipinski definition) is 2. The van der Waals surface area contributed by atoms with E-state index < -0.39 is 0 Å². The summed E-state index contributed by atoms with van der Waals surface area (Å²) < 4.78 is 13.6. The fourth-order valence-electron chi connectivity index (χ4n) is 2.73. The molecule has 3 rings (SSSR count). The van der Waals surface area contributed by atoms with Gasteiger partial charge in [-0.2, -0.15) is 0 Å². The number of halogens is 1. The Morgan fingerprint density at radius 1 is 0.952 bits per heavy atom. The fourth-order valence-corrected chi connectivity index (χ4v) is 2.73. The van der Waals surface area contributed by atoms with Crippen molar-refractivity contribution in [3.8, 4) is 0 Å². The average molecular weight is 284 g/mol. The van der Waals surface area contributed by atoms with E-state index in [4.69, 9.17) is 5.73 Å². The van der Waals surface area contributed by atoms with Crippen molar-refractivity contribution in [3.63, 3.8) is 0 Å². The minimum atomic E-state index is -0.191. The summed E-state index contributed by atoms with van der Waals surface area (Å²) in [6.45, 7) is 2.08. The molecule has 1 fully saturated rings. The maximum atomic E-state index is 13.6. The second-order valence-electron chi connectivity index (χ2n) is 5.79. The number of nitrogens with two attached hydrogens (primary N) is 1.